The van der Waals surface area contributed by atoms with Gasteiger partial charge in [-0.3, -0.25) is 4.79 Å². The molecule has 0 fully saturated rings. The van der Waals surface area contributed by atoms with E-state index in [1.54, 1.807) is 25.1 Å². The van der Waals surface area contributed by atoms with Crippen molar-refractivity contribution in [2.75, 3.05) is 5.32 Å². The number of hydrogen-bond acceptors (Lipinski definition) is 3. The van der Waals surface area contributed by atoms with Crippen LogP contribution in [0.25, 0.3) is 0 Å². The highest BCUT2D eigenvalue weighted by Gasteiger charge is 2.00. The van der Waals surface area contributed by atoms with Crippen molar-refractivity contribution in [2.24, 2.45) is 0 Å². The number of nitriles is 1. The first kappa shape index (κ1) is 10.7. The number of aromatic nitrogens is 1. The van der Waals surface area contributed by atoms with Crippen LogP contribution in [-0.4, -0.2) is 10.9 Å². The Morgan fingerprint density at radius 3 is 2.80 bits per heavy atom. The van der Waals surface area contributed by atoms with Crippen LogP contribution in [0.5, 0.6) is 0 Å². The fourth-order valence-electron chi connectivity index (χ4n) is 1.04. The monoisotopic (exact) mass is 199 g/mol. The zero-order chi connectivity index (χ0) is 11.3. The summed E-state index contributed by atoms with van der Waals surface area (Å²) >= 11 is 0. The quantitative estimate of drug-likeness (QED) is 0.691. The van der Waals surface area contributed by atoms with E-state index in [4.69, 9.17) is 5.26 Å². The topological polar surface area (TPSA) is 65.8 Å². The first-order valence-corrected chi connectivity index (χ1v) is 4.29. The molecule has 1 amide bonds. The maximum absolute atomic E-state index is 10.8. The second-order valence-corrected chi connectivity index (χ2v) is 2.87. The van der Waals surface area contributed by atoms with Crippen LogP contribution in [0.3, 0.4) is 0 Å². The standard InChI is InChI=1S/C11H9N3O/c1-8-10(4-3-7-12)5-6-11(13-8)14-9(2)15/h5-6H,1-2H3,(H,13,14,15). The average molecular weight is 199 g/mol. The molecule has 1 N–H and O–H groups in total. The molecule has 0 radical (unpaired) electrons. The van der Waals surface area contributed by atoms with E-state index in [9.17, 15) is 4.79 Å². The van der Waals surface area contributed by atoms with E-state index in [0.717, 1.165) is 0 Å². The molecule has 0 atom stereocenters. The van der Waals surface area contributed by atoms with Crippen LogP contribution in [0.2, 0.25) is 0 Å². The molecule has 0 spiro atoms. The predicted molar refractivity (Wildman–Crippen MR) is 55.8 cm³/mol. The lowest BCUT2D eigenvalue weighted by atomic mass is 10.2. The van der Waals surface area contributed by atoms with Gasteiger partial charge in [0.15, 0.2) is 6.07 Å². The number of anilines is 1. The molecule has 0 aliphatic carbocycles. The smallest absolute Gasteiger partial charge is 0.222 e. The fraction of sp³-hybridized carbons (Fsp3) is 0.182. The van der Waals surface area contributed by atoms with E-state index < -0.39 is 0 Å². The van der Waals surface area contributed by atoms with Crippen molar-refractivity contribution < 1.29 is 4.79 Å². The number of aryl methyl sites for hydroxylation is 1. The third-order valence-electron chi connectivity index (χ3n) is 1.64. The molecule has 15 heavy (non-hydrogen) atoms. The summed E-state index contributed by atoms with van der Waals surface area (Å²) in [5.74, 6) is 5.27. The number of rotatable bonds is 1. The zero-order valence-corrected chi connectivity index (χ0v) is 8.46. The summed E-state index contributed by atoms with van der Waals surface area (Å²) < 4.78 is 0. The van der Waals surface area contributed by atoms with E-state index in [1.807, 2.05) is 0 Å². The molecule has 0 saturated heterocycles. The van der Waals surface area contributed by atoms with Crippen LogP contribution in [0, 0.1) is 30.1 Å². The SMILES string of the molecule is CC(=O)Nc1ccc(C#CC#N)c(C)n1. The second kappa shape index (κ2) is 4.78. The fourth-order valence-corrected chi connectivity index (χ4v) is 1.04. The highest BCUT2D eigenvalue weighted by atomic mass is 16.1. The molecule has 4 heteroatoms. The highest BCUT2D eigenvalue weighted by molar-refractivity contribution is 5.87. The van der Waals surface area contributed by atoms with E-state index in [0.29, 0.717) is 17.1 Å². The van der Waals surface area contributed by atoms with Crippen molar-refractivity contribution >= 4 is 11.7 Å². The molecule has 0 bridgehead atoms. The molecule has 0 aromatic carbocycles. The van der Waals surface area contributed by atoms with Gasteiger partial charge in [0.05, 0.1) is 5.69 Å². The molecule has 1 aromatic heterocycles. The van der Waals surface area contributed by atoms with Crippen LogP contribution in [-0.2, 0) is 4.79 Å². The number of hydrogen-bond donors (Lipinski definition) is 1. The van der Waals surface area contributed by atoms with E-state index in [-0.39, 0.29) is 5.91 Å². The van der Waals surface area contributed by atoms with Gasteiger partial charge in [-0.1, -0.05) is 0 Å². The van der Waals surface area contributed by atoms with Crippen molar-refractivity contribution in [1.82, 2.24) is 4.98 Å². The highest BCUT2D eigenvalue weighted by Crippen LogP contribution is 2.09. The Morgan fingerprint density at radius 1 is 1.53 bits per heavy atom. The van der Waals surface area contributed by atoms with Crippen molar-refractivity contribution in [2.45, 2.75) is 13.8 Å². The second-order valence-electron chi connectivity index (χ2n) is 2.87. The third kappa shape index (κ3) is 3.13. The molecular weight excluding hydrogens is 190 g/mol. The molecule has 0 aliphatic rings. The number of nitrogens with zero attached hydrogens (tertiary/aromatic N) is 2. The lowest BCUT2D eigenvalue weighted by molar-refractivity contribution is -0.114. The van der Waals surface area contributed by atoms with E-state index in [2.05, 4.69) is 22.1 Å². The summed E-state index contributed by atoms with van der Waals surface area (Å²) in [5.41, 5.74) is 1.37. The Hall–Kier alpha value is -2.33. The lowest BCUT2D eigenvalue weighted by Gasteiger charge is -2.03. The summed E-state index contributed by atoms with van der Waals surface area (Å²) in [5, 5.41) is 10.9. The molecule has 0 unspecified atom stereocenters. The Kier molecular flexibility index (Phi) is 3.43. The van der Waals surface area contributed by atoms with Gasteiger partial charge in [-0.15, -0.1) is 0 Å². The maximum atomic E-state index is 10.8. The first-order valence-electron chi connectivity index (χ1n) is 4.29. The van der Waals surface area contributed by atoms with Crippen LogP contribution in [0.4, 0.5) is 5.82 Å². The Labute approximate surface area is 87.9 Å². The number of nitrogens with one attached hydrogen (secondary N) is 1. The summed E-state index contributed by atoms with van der Waals surface area (Å²) in [6.07, 6.45) is 0. The minimum absolute atomic E-state index is 0.169. The summed E-state index contributed by atoms with van der Waals surface area (Å²) in [4.78, 5) is 14.9. The van der Waals surface area contributed by atoms with Crippen LogP contribution in [0.15, 0.2) is 12.1 Å². The molecule has 1 aromatic rings. The molecule has 1 rings (SSSR count). The Morgan fingerprint density at radius 2 is 2.27 bits per heavy atom. The summed E-state index contributed by atoms with van der Waals surface area (Å²) in [6.45, 7) is 3.19. The van der Waals surface area contributed by atoms with Crippen LogP contribution < -0.4 is 5.32 Å². The molecule has 1 heterocycles. The van der Waals surface area contributed by atoms with Crippen molar-refractivity contribution in [3.63, 3.8) is 0 Å². The molecule has 0 aliphatic heterocycles. The third-order valence-corrected chi connectivity index (χ3v) is 1.64. The van der Waals surface area contributed by atoms with Gasteiger partial charge < -0.3 is 5.32 Å². The van der Waals surface area contributed by atoms with Gasteiger partial charge in [0.2, 0.25) is 5.91 Å². The first-order chi connectivity index (χ1) is 7.13. The molecular formula is C11H9N3O. The Balaban J connectivity index is 2.99. The van der Waals surface area contributed by atoms with Gasteiger partial charge in [-0.2, -0.15) is 5.26 Å². The van der Waals surface area contributed by atoms with Gasteiger partial charge in [0.1, 0.15) is 5.82 Å². The number of pyridine rings is 1. The number of carbonyl (C=O) groups excluding carboxylic acids is 1. The zero-order valence-electron chi connectivity index (χ0n) is 8.46. The van der Waals surface area contributed by atoms with Gasteiger partial charge in [0, 0.05) is 18.4 Å². The molecule has 4 nitrogen and oxygen atoms in total. The van der Waals surface area contributed by atoms with Gasteiger partial charge in [-0.25, -0.2) is 4.98 Å². The minimum Gasteiger partial charge on any atom is -0.311 e. The van der Waals surface area contributed by atoms with Crippen molar-refractivity contribution in [3.8, 4) is 17.9 Å². The van der Waals surface area contributed by atoms with Crippen LogP contribution >= 0.6 is 0 Å². The van der Waals surface area contributed by atoms with Gasteiger partial charge in [0.25, 0.3) is 0 Å². The summed E-state index contributed by atoms with van der Waals surface area (Å²) in [7, 11) is 0. The van der Waals surface area contributed by atoms with E-state index in [1.165, 1.54) is 6.92 Å². The average Bonchev–Trinajstić information content (AvgIpc) is 2.15. The summed E-state index contributed by atoms with van der Waals surface area (Å²) in [6, 6.07) is 5.10. The van der Waals surface area contributed by atoms with Crippen molar-refractivity contribution in [3.05, 3.63) is 23.4 Å². The number of amides is 1. The molecule has 0 saturated carbocycles. The molecule has 74 valence electrons. The van der Waals surface area contributed by atoms with Crippen LogP contribution in [0.1, 0.15) is 18.2 Å². The Bertz CT molecular complexity index is 489. The van der Waals surface area contributed by atoms with E-state index >= 15 is 0 Å². The lowest BCUT2D eigenvalue weighted by Crippen LogP contribution is -2.08. The van der Waals surface area contributed by atoms with Crippen molar-refractivity contribution in [1.29, 1.82) is 5.26 Å². The normalized spacial score (nSPS) is 8.33. The van der Waals surface area contributed by atoms with Gasteiger partial charge >= 0.3 is 0 Å². The minimum atomic E-state index is -0.169. The van der Waals surface area contributed by atoms with Gasteiger partial charge in [-0.05, 0) is 25.0 Å². The largest absolute Gasteiger partial charge is 0.311 e. The maximum Gasteiger partial charge on any atom is 0.222 e. The number of carbonyl (C=O) groups is 1. The predicted octanol–water partition coefficient (Wildman–Crippen LogP) is 1.22.